The molecule has 0 N–H and O–H groups in total. The van der Waals surface area contributed by atoms with Crippen molar-refractivity contribution >= 4 is 5.69 Å². The molecule has 100 valence electrons. The molecular weight excluding hydrogens is 226 g/mol. The quantitative estimate of drug-likeness (QED) is 0.763. The van der Waals surface area contributed by atoms with Crippen molar-refractivity contribution in [3.63, 3.8) is 0 Å². The average Bonchev–Trinajstić information content (AvgIpc) is 2.91. The van der Waals surface area contributed by atoms with Crippen molar-refractivity contribution in [1.82, 2.24) is 0 Å². The van der Waals surface area contributed by atoms with Crippen molar-refractivity contribution in [1.29, 1.82) is 0 Å². The zero-order valence-electron chi connectivity index (χ0n) is 11.4. The Labute approximate surface area is 110 Å². The Hall–Kier alpha value is -1.06. The lowest BCUT2D eigenvalue weighted by atomic mass is 10.0. The van der Waals surface area contributed by atoms with Crippen LogP contribution in [0.25, 0.3) is 0 Å². The number of para-hydroxylation sites is 1. The molecule has 3 nitrogen and oxygen atoms in total. The second kappa shape index (κ2) is 6.21. The minimum atomic E-state index is -0.259. The van der Waals surface area contributed by atoms with E-state index in [-0.39, 0.29) is 5.79 Å². The molecule has 3 heteroatoms. The standard InChI is InChI=1S/C13H17NO2.C2H6/c1-2-4-12(5-3-1)14-8-6-13(7-9-14)15-10-11-16-13;1-2/h1-5H,6-11H2;1-2H3. The van der Waals surface area contributed by atoms with Crippen molar-refractivity contribution in [3.8, 4) is 0 Å². The molecule has 1 spiro atoms. The fourth-order valence-corrected chi connectivity index (χ4v) is 2.53. The minimum Gasteiger partial charge on any atom is -0.371 e. The monoisotopic (exact) mass is 249 g/mol. The Morgan fingerprint density at radius 3 is 2.06 bits per heavy atom. The van der Waals surface area contributed by atoms with Crippen molar-refractivity contribution in [3.05, 3.63) is 30.3 Å². The Morgan fingerprint density at radius 2 is 1.50 bits per heavy atom. The summed E-state index contributed by atoms with van der Waals surface area (Å²) in [6.45, 7) is 7.55. The molecule has 18 heavy (non-hydrogen) atoms. The molecule has 0 aliphatic carbocycles. The first-order valence-electron chi connectivity index (χ1n) is 6.96. The van der Waals surface area contributed by atoms with Gasteiger partial charge in [0, 0.05) is 31.6 Å². The zero-order valence-corrected chi connectivity index (χ0v) is 11.4. The van der Waals surface area contributed by atoms with Crippen LogP contribution >= 0.6 is 0 Å². The Bertz CT molecular complexity index is 337. The van der Waals surface area contributed by atoms with Crippen molar-refractivity contribution < 1.29 is 9.47 Å². The Kier molecular flexibility index (Phi) is 4.61. The lowest BCUT2D eigenvalue weighted by Crippen LogP contribution is -2.45. The number of hydrogen-bond acceptors (Lipinski definition) is 3. The van der Waals surface area contributed by atoms with E-state index in [1.54, 1.807) is 0 Å². The van der Waals surface area contributed by atoms with Crippen LogP contribution in [0.2, 0.25) is 0 Å². The molecule has 0 radical (unpaired) electrons. The van der Waals surface area contributed by atoms with Crippen LogP contribution in [0.3, 0.4) is 0 Å². The van der Waals surface area contributed by atoms with E-state index < -0.39 is 0 Å². The van der Waals surface area contributed by atoms with Gasteiger partial charge in [-0.2, -0.15) is 0 Å². The number of ether oxygens (including phenoxy) is 2. The summed E-state index contributed by atoms with van der Waals surface area (Å²) < 4.78 is 11.4. The SMILES string of the molecule is CC.c1ccc(N2CCC3(CC2)OCCO3)cc1. The predicted octanol–water partition coefficient (Wildman–Crippen LogP) is 3.06. The van der Waals surface area contributed by atoms with Gasteiger partial charge >= 0.3 is 0 Å². The van der Waals surface area contributed by atoms with Gasteiger partial charge in [0.15, 0.2) is 5.79 Å². The molecule has 0 atom stereocenters. The van der Waals surface area contributed by atoms with Crippen LogP contribution in [-0.4, -0.2) is 32.1 Å². The second-order valence-corrected chi connectivity index (χ2v) is 4.43. The summed E-state index contributed by atoms with van der Waals surface area (Å²) in [4.78, 5) is 2.40. The van der Waals surface area contributed by atoms with E-state index in [2.05, 4.69) is 35.2 Å². The molecule has 0 amide bonds. The van der Waals surface area contributed by atoms with Gasteiger partial charge < -0.3 is 14.4 Å². The smallest absolute Gasteiger partial charge is 0.171 e. The predicted molar refractivity (Wildman–Crippen MR) is 73.9 cm³/mol. The third-order valence-electron chi connectivity index (χ3n) is 3.46. The molecule has 0 saturated carbocycles. The van der Waals surface area contributed by atoms with E-state index in [0.717, 1.165) is 39.1 Å². The van der Waals surface area contributed by atoms with Gasteiger partial charge in [-0.05, 0) is 12.1 Å². The second-order valence-electron chi connectivity index (χ2n) is 4.43. The third kappa shape index (κ3) is 2.85. The summed E-state index contributed by atoms with van der Waals surface area (Å²) in [6.07, 6.45) is 1.95. The normalized spacial score (nSPS) is 21.6. The lowest BCUT2D eigenvalue weighted by Gasteiger charge is -2.38. The van der Waals surface area contributed by atoms with Gasteiger partial charge in [-0.3, -0.25) is 0 Å². The van der Waals surface area contributed by atoms with E-state index in [0.29, 0.717) is 0 Å². The zero-order chi connectivity index (χ0) is 12.8. The minimum absolute atomic E-state index is 0.259. The molecular formula is C15H23NO2. The van der Waals surface area contributed by atoms with Crippen LogP contribution in [0.5, 0.6) is 0 Å². The van der Waals surface area contributed by atoms with Gasteiger partial charge in [-0.25, -0.2) is 0 Å². The maximum atomic E-state index is 5.72. The topological polar surface area (TPSA) is 21.7 Å². The number of hydrogen-bond donors (Lipinski definition) is 0. The molecule has 2 aliphatic heterocycles. The van der Waals surface area contributed by atoms with Gasteiger partial charge in [0.1, 0.15) is 0 Å². The molecule has 0 unspecified atom stereocenters. The van der Waals surface area contributed by atoms with E-state index >= 15 is 0 Å². The molecule has 0 bridgehead atoms. The van der Waals surface area contributed by atoms with Crippen LogP contribution in [0.15, 0.2) is 30.3 Å². The molecule has 2 saturated heterocycles. The summed E-state index contributed by atoms with van der Waals surface area (Å²) >= 11 is 0. The lowest BCUT2D eigenvalue weighted by molar-refractivity contribution is -0.169. The summed E-state index contributed by atoms with van der Waals surface area (Å²) in [7, 11) is 0. The Balaban J connectivity index is 0.000000574. The first-order valence-corrected chi connectivity index (χ1v) is 6.96. The molecule has 0 aromatic heterocycles. The highest BCUT2D eigenvalue weighted by Gasteiger charge is 2.39. The highest BCUT2D eigenvalue weighted by atomic mass is 16.7. The van der Waals surface area contributed by atoms with Crippen LogP contribution in [0.4, 0.5) is 5.69 Å². The number of piperidine rings is 1. The summed E-state index contributed by atoms with van der Waals surface area (Å²) in [6, 6.07) is 10.5. The number of anilines is 1. The highest BCUT2D eigenvalue weighted by Crippen LogP contribution is 2.32. The number of benzene rings is 1. The van der Waals surface area contributed by atoms with Crippen molar-refractivity contribution in [2.45, 2.75) is 32.5 Å². The van der Waals surface area contributed by atoms with Crippen molar-refractivity contribution in [2.24, 2.45) is 0 Å². The largest absolute Gasteiger partial charge is 0.371 e. The molecule has 2 aliphatic rings. The van der Waals surface area contributed by atoms with E-state index in [9.17, 15) is 0 Å². The van der Waals surface area contributed by atoms with Crippen LogP contribution in [0.1, 0.15) is 26.7 Å². The average molecular weight is 249 g/mol. The van der Waals surface area contributed by atoms with Crippen LogP contribution < -0.4 is 4.90 Å². The highest BCUT2D eigenvalue weighted by molar-refractivity contribution is 5.46. The fourth-order valence-electron chi connectivity index (χ4n) is 2.53. The van der Waals surface area contributed by atoms with Gasteiger partial charge in [0.2, 0.25) is 0 Å². The first-order chi connectivity index (χ1) is 8.88. The first kappa shape index (κ1) is 13.4. The van der Waals surface area contributed by atoms with Gasteiger partial charge in [0.05, 0.1) is 13.2 Å². The molecule has 2 heterocycles. The van der Waals surface area contributed by atoms with E-state index in [4.69, 9.17) is 9.47 Å². The maximum Gasteiger partial charge on any atom is 0.171 e. The van der Waals surface area contributed by atoms with Crippen molar-refractivity contribution in [2.75, 3.05) is 31.2 Å². The molecule has 3 rings (SSSR count). The van der Waals surface area contributed by atoms with E-state index in [1.807, 2.05) is 13.8 Å². The Morgan fingerprint density at radius 1 is 0.944 bits per heavy atom. The van der Waals surface area contributed by atoms with Gasteiger partial charge in [0.25, 0.3) is 0 Å². The molecule has 2 fully saturated rings. The summed E-state index contributed by atoms with van der Waals surface area (Å²) in [5.74, 6) is -0.259. The summed E-state index contributed by atoms with van der Waals surface area (Å²) in [5, 5.41) is 0. The number of nitrogens with zero attached hydrogens (tertiary/aromatic N) is 1. The summed E-state index contributed by atoms with van der Waals surface area (Å²) in [5.41, 5.74) is 1.30. The van der Waals surface area contributed by atoms with E-state index in [1.165, 1.54) is 5.69 Å². The van der Waals surface area contributed by atoms with Crippen LogP contribution in [-0.2, 0) is 9.47 Å². The fraction of sp³-hybridized carbons (Fsp3) is 0.600. The molecule has 1 aromatic carbocycles. The van der Waals surface area contributed by atoms with Gasteiger partial charge in [-0.15, -0.1) is 0 Å². The maximum absolute atomic E-state index is 5.72. The third-order valence-corrected chi connectivity index (χ3v) is 3.46. The number of rotatable bonds is 1. The molecule has 1 aromatic rings. The van der Waals surface area contributed by atoms with Crippen LogP contribution in [0, 0.1) is 0 Å². The van der Waals surface area contributed by atoms with Gasteiger partial charge in [-0.1, -0.05) is 32.0 Å².